The Morgan fingerprint density at radius 2 is 2.07 bits per heavy atom. The molecule has 1 aromatic heterocycles. The van der Waals surface area contributed by atoms with Gasteiger partial charge in [0.2, 0.25) is 5.91 Å². The number of hydrazine groups is 1. The van der Waals surface area contributed by atoms with Crippen LogP contribution in [-0.2, 0) is 4.79 Å². The lowest BCUT2D eigenvalue weighted by atomic mass is 10.2. The minimum Gasteiger partial charge on any atom is -0.497 e. The summed E-state index contributed by atoms with van der Waals surface area (Å²) < 4.78 is 5.14. The van der Waals surface area contributed by atoms with E-state index in [9.17, 15) is 19.7 Å². The second-order valence-corrected chi connectivity index (χ2v) is 6.49. The zero-order chi connectivity index (χ0) is 20.1. The number of non-ortho nitro benzene ring substituents is 1. The van der Waals surface area contributed by atoms with Crippen LogP contribution in [-0.4, -0.2) is 39.6 Å². The van der Waals surface area contributed by atoms with Gasteiger partial charge in [0, 0.05) is 23.8 Å². The van der Waals surface area contributed by atoms with Gasteiger partial charge in [0.05, 0.1) is 28.8 Å². The molecule has 0 saturated carbocycles. The lowest BCUT2D eigenvalue weighted by molar-refractivity contribution is -0.384. The molecule has 0 saturated heterocycles. The van der Waals surface area contributed by atoms with Crippen LogP contribution in [0.25, 0.3) is 11.0 Å². The van der Waals surface area contributed by atoms with Gasteiger partial charge < -0.3 is 9.72 Å². The Morgan fingerprint density at radius 3 is 2.82 bits per heavy atom. The van der Waals surface area contributed by atoms with E-state index in [2.05, 4.69) is 20.8 Å². The third kappa shape index (κ3) is 4.57. The number of nitrogens with one attached hydrogen (secondary N) is 3. The molecule has 144 valence electrons. The number of carbonyl (C=O) groups is 2. The zero-order valence-electron chi connectivity index (χ0n) is 14.6. The van der Waals surface area contributed by atoms with Gasteiger partial charge in [0.1, 0.15) is 5.75 Å². The maximum atomic E-state index is 12.0. The summed E-state index contributed by atoms with van der Waals surface area (Å²) in [6, 6.07) is 10.6. The minimum atomic E-state index is -0.655. The summed E-state index contributed by atoms with van der Waals surface area (Å²) in [5, 5.41) is 11.3. The fourth-order valence-electron chi connectivity index (χ4n) is 2.29. The summed E-state index contributed by atoms with van der Waals surface area (Å²) in [5.74, 6) is -0.416. The first kappa shape index (κ1) is 19.2. The van der Waals surface area contributed by atoms with Crippen LogP contribution in [0.3, 0.4) is 0 Å². The van der Waals surface area contributed by atoms with Crippen LogP contribution in [0.15, 0.2) is 47.6 Å². The van der Waals surface area contributed by atoms with Crippen LogP contribution in [0.4, 0.5) is 5.69 Å². The van der Waals surface area contributed by atoms with Crippen LogP contribution in [0.5, 0.6) is 5.75 Å². The van der Waals surface area contributed by atoms with Crippen molar-refractivity contribution in [1.82, 2.24) is 20.8 Å². The number of hydrogen-bond acceptors (Lipinski definition) is 7. The first-order valence-electron chi connectivity index (χ1n) is 7.96. The number of thioether (sulfide) groups is 1. The predicted molar refractivity (Wildman–Crippen MR) is 102 cm³/mol. The van der Waals surface area contributed by atoms with Crippen LogP contribution < -0.4 is 15.6 Å². The third-order valence-corrected chi connectivity index (χ3v) is 4.52. The topological polar surface area (TPSA) is 139 Å². The number of imidazole rings is 1. The number of fused-ring (bicyclic) bond motifs is 1. The van der Waals surface area contributed by atoms with E-state index in [4.69, 9.17) is 4.74 Å². The van der Waals surface area contributed by atoms with E-state index in [0.29, 0.717) is 10.9 Å². The molecule has 28 heavy (non-hydrogen) atoms. The first-order valence-corrected chi connectivity index (χ1v) is 8.95. The third-order valence-electron chi connectivity index (χ3n) is 3.64. The highest BCUT2D eigenvalue weighted by Gasteiger charge is 2.13. The molecule has 2 aromatic carbocycles. The molecule has 0 aliphatic carbocycles. The number of nitrogens with zero attached hydrogens (tertiary/aromatic N) is 2. The van der Waals surface area contributed by atoms with Crippen LogP contribution in [0, 0.1) is 10.1 Å². The number of aromatic amines is 1. The van der Waals surface area contributed by atoms with E-state index in [1.54, 1.807) is 25.3 Å². The lowest BCUT2D eigenvalue weighted by Gasteiger charge is -2.06. The Bertz CT molecular complexity index is 1050. The SMILES string of the molecule is COc1ccc2nc(SCC(=O)NNC(=O)c3cccc([N+](=O)[O-])c3)[nH]c2c1. The van der Waals surface area contributed by atoms with Crippen molar-refractivity contribution < 1.29 is 19.2 Å². The van der Waals surface area contributed by atoms with Crippen molar-refractivity contribution >= 4 is 40.3 Å². The first-order chi connectivity index (χ1) is 13.5. The predicted octanol–water partition coefficient (Wildman–Crippen LogP) is 2.03. The fourth-order valence-corrected chi connectivity index (χ4v) is 2.98. The number of hydrogen-bond donors (Lipinski definition) is 3. The highest BCUT2D eigenvalue weighted by molar-refractivity contribution is 7.99. The summed E-state index contributed by atoms with van der Waals surface area (Å²) in [4.78, 5) is 41.5. The molecule has 0 radical (unpaired) electrons. The van der Waals surface area contributed by atoms with E-state index in [0.717, 1.165) is 28.9 Å². The van der Waals surface area contributed by atoms with Crippen LogP contribution in [0.2, 0.25) is 0 Å². The maximum absolute atomic E-state index is 12.0. The van der Waals surface area contributed by atoms with Gasteiger partial charge in [-0.25, -0.2) is 4.98 Å². The lowest BCUT2D eigenvalue weighted by Crippen LogP contribution is -2.42. The largest absolute Gasteiger partial charge is 0.497 e. The second-order valence-electron chi connectivity index (χ2n) is 5.52. The number of benzene rings is 2. The number of rotatable bonds is 6. The van der Waals surface area contributed by atoms with Crippen molar-refractivity contribution in [2.24, 2.45) is 0 Å². The number of nitro groups is 1. The monoisotopic (exact) mass is 401 g/mol. The van der Waals surface area contributed by atoms with Crippen molar-refractivity contribution in [3.63, 3.8) is 0 Å². The normalized spacial score (nSPS) is 10.5. The molecule has 1 heterocycles. The molecule has 2 amide bonds. The number of ether oxygens (including phenoxy) is 1. The zero-order valence-corrected chi connectivity index (χ0v) is 15.4. The number of methoxy groups -OCH3 is 1. The molecule has 11 heteroatoms. The number of amides is 2. The molecular weight excluding hydrogens is 386 g/mol. The number of H-pyrrole nitrogens is 1. The Kier molecular flexibility index (Phi) is 5.75. The van der Waals surface area contributed by atoms with E-state index in [1.165, 1.54) is 18.2 Å². The van der Waals surface area contributed by atoms with Gasteiger partial charge in [-0.15, -0.1) is 0 Å². The molecule has 0 unspecified atom stereocenters. The number of aromatic nitrogens is 2. The van der Waals surface area contributed by atoms with Gasteiger partial charge in [-0.05, 0) is 18.2 Å². The molecule has 0 aliphatic rings. The van der Waals surface area contributed by atoms with E-state index in [1.807, 2.05) is 0 Å². The summed E-state index contributed by atoms with van der Waals surface area (Å²) in [6.07, 6.45) is 0. The molecule has 3 aromatic rings. The standard InChI is InChI=1S/C17H15N5O5S/c1-27-12-5-6-13-14(8-12)19-17(18-13)28-9-15(23)20-21-16(24)10-3-2-4-11(7-10)22(25)26/h2-8H,9H2,1H3,(H,18,19)(H,20,23)(H,21,24). The van der Waals surface area contributed by atoms with Gasteiger partial charge in [0.15, 0.2) is 5.16 Å². The van der Waals surface area contributed by atoms with E-state index in [-0.39, 0.29) is 17.0 Å². The number of nitro benzene ring substituents is 1. The van der Waals surface area contributed by atoms with Gasteiger partial charge >= 0.3 is 0 Å². The Labute approximate surface area is 162 Å². The maximum Gasteiger partial charge on any atom is 0.270 e. The van der Waals surface area contributed by atoms with Gasteiger partial charge in [0.25, 0.3) is 11.6 Å². The molecular formula is C17H15N5O5S. The Hall–Kier alpha value is -3.60. The van der Waals surface area contributed by atoms with Gasteiger partial charge in [-0.2, -0.15) is 0 Å². The second kappa shape index (κ2) is 8.39. The van der Waals surface area contributed by atoms with Crippen molar-refractivity contribution in [1.29, 1.82) is 0 Å². The van der Waals surface area contributed by atoms with Crippen LogP contribution >= 0.6 is 11.8 Å². The van der Waals surface area contributed by atoms with Crippen molar-refractivity contribution in [3.05, 3.63) is 58.1 Å². The highest BCUT2D eigenvalue weighted by atomic mass is 32.2. The summed E-state index contributed by atoms with van der Waals surface area (Å²) in [5.41, 5.74) is 5.85. The summed E-state index contributed by atoms with van der Waals surface area (Å²) >= 11 is 1.16. The van der Waals surface area contributed by atoms with Crippen molar-refractivity contribution in [2.75, 3.05) is 12.9 Å². The Morgan fingerprint density at radius 1 is 1.25 bits per heavy atom. The van der Waals surface area contributed by atoms with Crippen LogP contribution in [0.1, 0.15) is 10.4 Å². The van der Waals surface area contributed by atoms with Crippen molar-refractivity contribution in [3.8, 4) is 5.75 Å². The van der Waals surface area contributed by atoms with Crippen molar-refractivity contribution in [2.45, 2.75) is 5.16 Å². The quantitative estimate of drug-likeness (QED) is 0.326. The summed E-state index contributed by atoms with van der Waals surface area (Å²) in [6.45, 7) is 0. The highest BCUT2D eigenvalue weighted by Crippen LogP contribution is 2.22. The molecule has 3 N–H and O–H groups in total. The fraction of sp³-hybridized carbons (Fsp3) is 0.118. The summed E-state index contributed by atoms with van der Waals surface area (Å²) in [7, 11) is 1.57. The molecule has 0 atom stereocenters. The van der Waals surface area contributed by atoms with Gasteiger partial charge in [-0.1, -0.05) is 17.8 Å². The molecule has 0 spiro atoms. The average molecular weight is 401 g/mol. The molecule has 0 fully saturated rings. The minimum absolute atomic E-state index is 0.00613. The van der Waals surface area contributed by atoms with E-state index < -0.39 is 16.7 Å². The van der Waals surface area contributed by atoms with Gasteiger partial charge in [-0.3, -0.25) is 30.6 Å². The molecule has 3 rings (SSSR count). The smallest absolute Gasteiger partial charge is 0.270 e. The number of carbonyl (C=O) groups excluding carboxylic acids is 2. The Balaban J connectivity index is 1.52. The molecule has 0 aliphatic heterocycles. The molecule has 10 nitrogen and oxygen atoms in total. The van der Waals surface area contributed by atoms with E-state index >= 15 is 0 Å². The average Bonchev–Trinajstić information content (AvgIpc) is 3.12. The molecule has 0 bridgehead atoms.